The van der Waals surface area contributed by atoms with Gasteiger partial charge in [-0.25, -0.2) is 0 Å². The summed E-state index contributed by atoms with van der Waals surface area (Å²) in [7, 11) is 0. The summed E-state index contributed by atoms with van der Waals surface area (Å²) in [6.07, 6.45) is 1.85. The Kier molecular flexibility index (Phi) is 5.62. The average Bonchev–Trinajstić information content (AvgIpc) is 2.98. The summed E-state index contributed by atoms with van der Waals surface area (Å²) >= 11 is 1.46. The molecule has 1 N–H and O–H groups in total. The first-order valence-corrected chi connectivity index (χ1v) is 7.65. The molecule has 0 fully saturated rings. The highest BCUT2D eigenvalue weighted by Gasteiger charge is 2.04. The molecule has 0 bridgehead atoms. The van der Waals surface area contributed by atoms with E-state index < -0.39 is 0 Å². The number of hydrogen-bond donors (Lipinski definition) is 1. The number of carbonyl (C=O) groups is 1. The second-order valence-electron chi connectivity index (χ2n) is 4.60. The molecule has 0 aliphatic rings. The number of hydrogen-bond acceptors (Lipinski definition) is 3. The van der Waals surface area contributed by atoms with Gasteiger partial charge in [0.1, 0.15) is 5.75 Å². The van der Waals surface area contributed by atoms with Gasteiger partial charge in [-0.15, -0.1) is 11.3 Å². The summed E-state index contributed by atoms with van der Waals surface area (Å²) < 4.78 is 5.63. The molecule has 1 amide bonds. The van der Waals surface area contributed by atoms with Crippen molar-refractivity contribution in [2.45, 2.75) is 19.8 Å². The Morgan fingerprint density at radius 3 is 2.70 bits per heavy atom. The zero-order valence-corrected chi connectivity index (χ0v) is 12.4. The number of unbranched alkanes of at least 4 members (excludes halogenated alkanes) is 1. The maximum absolute atomic E-state index is 11.7. The van der Waals surface area contributed by atoms with E-state index in [0.29, 0.717) is 13.2 Å². The molecule has 0 saturated carbocycles. The van der Waals surface area contributed by atoms with Crippen molar-refractivity contribution in [2.24, 2.45) is 0 Å². The van der Waals surface area contributed by atoms with Crippen LogP contribution in [-0.4, -0.2) is 19.1 Å². The van der Waals surface area contributed by atoms with E-state index in [1.54, 1.807) is 0 Å². The summed E-state index contributed by atoms with van der Waals surface area (Å²) in [5, 5.41) is 4.81. The molecule has 2 rings (SSSR count). The van der Waals surface area contributed by atoms with Crippen molar-refractivity contribution >= 4 is 17.2 Å². The third-order valence-corrected chi connectivity index (χ3v) is 3.76. The summed E-state index contributed by atoms with van der Waals surface area (Å²) in [5.74, 6) is 0.915. The Bertz CT molecular complexity index is 520. The van der Waals surface area contributed by atoms with E-state index in [9.17, 15) is 4.79 Å². The van der Waals surface area contributed by atoms with E-state index in [1.807, 2.05) is 41.8 Å². The molecule has 2 aromatic rings. The highest BCUT2D eigenvalue weighted by atomic mass is 32.1. The Morgan fingerprint density at radius 2 is 2.00 bits per heavy atom. The molecular weight excluding hydrogens is 270 g/mol. The molecule has 106 valence electrons. The summed E-state index contributed by atoms with van der Waals surface area (Å²) in [6, 6.07) is 11.8. The van der Waals surface area contributed by atoms with E-state index in [0.717, 1.165) is 23.5 Å². The summed E-state index contributed by atoms with van der Waals surface area (Å²) in [6.45, 7) is 3.42. The molecule has 0 radical (unpaired) electrons. The predicted molar refractivity (Wildman–Crippen MR) is 82.6 cm³/mol. The smallest absolute Gasteiger partial charge is 0.261 e. The Balaban J connectivity index is 1.56. The zero-order chi connectivity index (χ0) is 14.2. The molecule has 1 aromatic heterocycles. The Morgan fingerprint density at radius 1 is 1.20 bits per heavy atom. The van der Waals surface area contributed by atoms with Crippen molar-refractivity contribution in [3.05, 3.63) is 52.2 Å². The highest BCUT2D eigenvalue weighted by molar-refractivity contribution is 7.12. The minimum absolute atomic E-state index is 0.0134. The van der Waals surface area contributed by atoms with Crippen LogP contribution < -0.4 is 10.1 Å². The fourth-order valence-electron chi connectivity index (χ4n) is 1.75. The molecule has 3 nitrogen and oxygen atoms in total. The molecule has 0 atom stereocenters. The van der Waals surface area contributed by atoms with Gasteiger partial charge in [0, 0.05) is 6.54 Å². The Hall–Kier alpha value is -1.81. The van der Waals surface area contributed by atoms with Gasteiger partial charge in [-0.05, 0) is 43.3 Å². The lowest BCUT2D eigenvalue weighted by molar-refractivity contribution is 0.0956. The molecule has 0 spiro atoms. The third-order valence-electron chi connectivity index (χ3n) is 2.89. The van der Waals surface area contributed by atoms with Gasteiger partial charge in [-0.3, -0.25) is 4.79 Å². The first-order chi connectivity index (χ1) is 9.75. The van der Waals surface area contributed by atoms with Crippen molar-refractivity contribution in [2.75, 3.05) is 13.2 Å². The second kappa shape index (κ2) is 7.70. The molecule has 1 heterocycles. The van der Waals surface area contributed by atoms with Crippen molar-refractivity contribution in [3.63, 3.8) is 0 Å². The van der Waals surface area contributed by atoms with Crippen LogP contribution in [0.15, 0.2) is 41.8 Å². The van der Waals surface area contributed by atoms with Crippen molar-refractivity contribution in [1.29, 1.82) is 0 Å². The number of ether oxygens (including phenoxy) is 1. The van der Waals surface area contributed by atoms with Crippen LogP contribution in [0.2, 0.25) is 0 Å². The van der Waals surface area contributed by atoms with Gasteiger partial charge in [0.15, 0.2) is 0 Å². The molecule has 0 aliphatic carbocycles. The zero-order valence-electron chi connectivity index (χ0n) is 11.6. The van der Waals surface area contributed by atoms with Crippen LogP contribution in [0.4, 0.5) is 0 Å². The van der Waals surface area contributed by atoms with Crippen molar-refractivity contribution < 1.29 is 9.53 Å². The van der Waals surface area contributed by atoms with Gasteiger partial charge in [-0.1, -0.05) is 23.8 Å². The van der Waals surface area contributed by atoms with Crippen LogP contribution >= 0.6 is 11.3 Å². The molecule has 4 heteroatoms. The molecule has 20 heavy (non-hydrogen) atoms. The number of thiophene rings is 1. The SMILES string of the molecule is Cc1ccc(OCCCCNC(=O)c2cccs2)cc1. The normalized spacial score (nSPS) is 10.2. The third kappa shape index (κ3) is 4.70. The van der Waals surface area contributed by atoms with Crippen LogP contribution in [0, 0.1) is 6.92 Å². The van der Waals surface area contributed by atoms with E-state index in [2.05, 4.69) is 12.2 Å². The quantitative estimate of drug-likeness (QED) is 0.790. The van der Waals surface area contributed by atoms with Crippen LogP contribution in [0.3, 0.4) is 0 Å². The van der Waals surface area contributed by atoms with Crippen LogP contribution in [0.5, 0.6) is 5.75 Å². The molecule has 1 aromatic carbocycles. The van der Waals surface area contributed by atoms with E-state index in [1.165, 1.54) is 16.9 Å². The highest BCUT2D eigenvalue weighted by Crippen LogP contribution is 2.11. The fourth-order valence-corrected chi connectivity index (χ4v) is 2.39. The van der Waals surface area contributed by atoms with Gasteiger partial charge in [0.2, 0.25) is 0 Å². The van der Waals surface area contributed by atoms with Gasteiger partial charge < -0.3 is 10.1 Å². The van der Waals surface area contributed by atoms with Crippen LogP contribution in [0.25, 0.3) is 0 Å². The van der Waals surface area contributed by atoms with Gasteiger partial charge >= 0.3 is 0 Å². The number of carbonyl (C=O) groups excluding carboxylic acids is 1. The van der Waals surface area contributed by atoms with E-state index >= 15 is 0 Å². The summed E-state index contributed by atoms with van der Waals surface area (Å²) in [5.41, 5.74) is 1.23. The topological polar surface area (TPSA) is 38.3 Å². The van der Waals surface area contributed by atoms with E-state index in [-0.39, 0.29) is 5.91 Å². The molecular formula is C16H19NO2S. The van der Waals surface area contributed by atoms with Crippen LogP contribution in [0.1, 0.15) is 28.1 Å². The largest absolute Gasteiger partial charge is 0.494 e. The monoisotopic (exact) mass is 289 g/mol. The molecule has 0 aliphatic heterocycles. The van der Waals surface area contributed by atoms with Gasteiger partial charge in [-0.2, -0.15) is 0 Å². The maximum Gasteiger partial charge on any atom is 0.261 e. The summed E-state index contributed by atoms with van der Waals surface area (Å²) in [4.78, 5) is 12.4. The number of nitrogens with one attached hydrogen (secondary N) is 1. The number of aryl methyl sites for hydroxylation is 1. The lowest BCUT2D eigenvalue weighted by Crippen LogP contribution is -2.23. The lowest BCUT2D eigenvalue weighted by Gasteiger charge is -2.07. The first kappa shape index (κ1) is 14.6. The molecule has 0 saturated heterocycles. The van der Waals surface area contributed by atoms with Crippen molar-refractivity contribution in [3.8, 4) is 5.75 Å². The van der Waals surface area contributed by atoms with Gasteiger partial charge in [0.05, 0.1) is 11.5 Å². The van der Waals surface area contributed by atoms with Crippen molar-refractivity contribution in [1.82, 2.24) is 5.32 Å². The number of rotatable bonds is 7. The Labute approximate surface area is 123 Å². The standard InChI is InChI=1S/C16H19NO2S/c1-13-6-8-14(9-7-13)19-11-3-2-10-17-16(18)15-5-4-12-20-15/h4-9,12H,2-3,10-11H2,1H3,(H,17,18). The lowest BCUT2D eigenvalue weighted by atomic mass is 10.2. The van der Waals surface area contributed by atoms with Crippen LogP contribution in [-0.2, 0) is 0 Å². The second-order valence-corrected chi connectivity index (χ2v) is 5.55. The predicted octanol–water partition coefficient (Wildman–Crippen LogP) is 3.65. The van der Waals surface area contributed by atoms with E-state index in [4.69, 9.17) is 4.74 Å². The number of amides is 1. The fraction of sp³-hybridized carbons (Fsp3) is 0.312. The maximum atomic E-state index is 11.7. The minimum Gasteiger partial charge on any atom is -0.494 e. The molecule has 0 unspecified atom stereocenters. The minimum atomic E-state index is 0.0134. The first-order valence-electron chi connectivity index (χ1n) is 6.77. The van der Waals surface area contributed by atoms with Gasteiger partial charge in [0.25, 0.3) is 5.91 Å². The number of benzene rings is 1. The average molecular weight is 289 g/mol.